The second-order valence-electron chi connectivity index (χ2n) is 5.15. The molecule has 6 heteroatoms. The lowest BCUT2D eigenvalue weighted by atomic mass is 10.1. The van der Waals surface area contributed by atoms with E-state index in [-0.39, 0.29) is 11.3 Å². The van der Waals surface area contributed by atoms with Crippen LogP contribution in [0.25, 0.3) is 0 Å². The average Bonchev–Trinajstić information content (AvgIpc) is 2.54. The smallest absolute Gasteiger partial charge is 0.337 e. The number of amides is 1. The average molecular weight is 313 g/mol. The van der Waals surface area contributed by atoms with Crippen molar-refractivity contribution in [2.24, 2.45) is 0 Å². The Hall–Kier alpha value is -3.02. The molecular formula is C17H15NO5. The van der Waals surface area contributed by atoms with Crippen molar-refractivity contribution in [3.05, 3.63) is 54.1 Å². The molecule has 2 aromatic carbocycles. The van der Waals surface area contributed by atoms with Crippen LogP contribution in [-0.4, -0.2) is 29.2 Å². The van der Waals surface area contributed by atoms with Gasteiger partial charge in [0.1, 0.15) is 6.10 Å². The Balaban J connectivity index is 1.81. The van der Waals surface area contributed by atoms with E-state index in [0.717, 1.165) is 0 Å². The molecule has 0 unspecified atom stereocenters. The molecule has 1 amide bonds. The molecule has 0 aromatic heterocycles. The molecule has 0 aliphatic carbocycles. The van der Waals surface area contributed by atoms with Gasteiger partial charge in [0, 0.05) is 0 Å². The summed E-state index contributed by atoms with van der Waals surface area (Å²) in [6, 6.07) is 13.3. The number of fused-ring (bicyclic) bond motifs is 1. The molecule has 0 radical (unpaired) electrons. The summed E-state index contributed by atoms with van der Waals surface area (Å²) in [6.07, 6.45) is -1.37. The number of carbonyl (C=O) groups is 2. The molecule has 1 aliphatic rings. The molecule has 2 aromatic rings. The number of hydrogen-bond acceptors (Lipinski definition) is 4. The molecule has 0 saturated heterocycles. The standard InChI is InChI=1S/C17H15NO5/c1-10-15(23-14-9-5-4-8-13(14)22-10)16(19)18-12-7-3-2-6-11(12)17(20)21/h2-10,15H,1H3,(H,18,19)(H,20,21)/t10-,15+/m0/s1. The van der Waals surface area contributed by atoms with Crippen molar-refractivity contribution in [1.82, 2.24) is 0 Å². The molecule has 3 rings (SSSR count). The maximum atomic E-state index is 12.5. The highest BCUT2D eigenvalue weighted by Crippen LogP contribution is 2.33. The van der Waals surface area contributed by atoms with Crippen molar-refractivity contribution < 1.29 is 24.2 Å². The van der Waals surface area contributed by atoms with E-state index in [4.69, 9.17) is 14.6 Å². The summed E-state index contributed by atoms with van der Waals surface area (Å²) in [4.78, 5) is 23.7. The molecule has 1 aliphatic heterocycles. The van der Waals surface area contributed by atoms with Crippen molar-refractivity contribution in [3.63, 3.8) is 0 Å². The molecule has 1 heterocycles. The van der Waals surface area contributed by atoms with E-state index in [1.165, 1.54) is 12.1 Å². The summed E-state index contributed by atoms with van der Waals surface area (Å²) in [5, 5.41) is 11.8. The van der Waals surface area contributed by atoms with Crippen molar-refractivity contribution in [2.45, 2.75) is 19.1 Å². The normalized spacial score (nSPS) is 19.0. The fourth-order valence-corrected chi connectivity index (χ4v) is 2.39. The maximum absolute atomic E-state index is 12.5. The minimum atomic E-state index is -1.11. The number of para-hydroxylation sites is 3. The predicted octanol–water partition coefficient (Wildman–Crippen LogP) is 2.55. The minimum Gasteiger partial charge on any atom is -0.482 e. The summed E-state index contributed by atoms with van der Waals surface area (Å²) in [7, 11) is 0. The third kappa shape index (κ3) is 2.96. The third-order valence-corrected chi connectivity index (χ3v) is 3.52. The van der Waals surface area contributed by atoms with Gasteiger partial charge in [-0.05, 0) is 31.2 Å². The first kappa shape index (κ1) is 14.9. The lowest BCUT2D eigenvalue weighted by Crippen LogP contribution is -2.46. The Morgan fingerprint density at radius 1 is 1.00 bits per heavy atom. The van der Waals surface area contributed by atoms with E-state index < -0.39 is 24.1 Å². The van der Waals surface area contributed by atoms with Crippen LogP contribution in [0.1, 0.15) is 17.3 Å². The van der Waals surface area contributed by atoms with Crippen LogP contribution in [0.5, 0.6) is 11.5 Å². The molecule has 6 nitrogen and oxygen atoms in total. The zero-order valence-corrected chi connectivity index (χ0v) is 12.4. The van der Waals surface area contributed by atoms with E-state index in [0.29, 0.717) is 11.5 Å². The number of carbonyl (C=O) groups excluding carboxylic acids is 1. The van der Waals surface area contributed by atoms with Gasteiger partial charge in [-0.15, -0.1) is 0 Å². The summed E-state index contributed by atoms with van der Waals surface area (Å²) in [5.74, 6) is -0.506. The lowest BCUT2D eigenvalue weighted by Gasteiger charge is -2.31. The molecule has 0 saturated carbocycles. The highest BCUT2D eigenvalue weighted by molar-refractivity contribution is 6.02. The Morgan fingerprint density at radius 2 is 1.61 bits per heavy atom. The number of carboxylic acid groups (broad SMARTS) is 1. The Bertz CT molecular complexity index is 758. The first-order valence-corrected chi connectivity index (χ1v) is 7.12. The van der Waals surface area contributed by atoms with Crippen LogP contribution in [0, 0.1) is 0 Å². The highest BCUT2D eigenvalue weighted by Gasteiger charge is 2.34. The van der Waals surface area contributed by atoms with Crippen LogP contribution < -0.4 is 14.8 Å². The first-order chi connectivity index (χ1) is 11.1. The molecule has 23 heavy (non-hydrogen) atoms. The molecule has 0 spiro atoms. The lowest BCUT2D eigenvalue weighted by molar-refractivity contribution is -0.128. The maximum Gasteiger partial charge on any atom is 0.337 e. The van der Waals surface area contributed by atoms with Crippen LogP contribution >= 0.6 is 0 Å². The second kappa shape index (κ2) is 6.00. The highest BCUT2D eigenvalue weighted by atomic mass is 16.6. The van der Waals surface area contributed by atoms with E-state index in [1.807, 2.05) is 6.07 Å². The number of hydrogen-bond donors (Lipinski definition) is 2. The zero-order chi connectivity index (χ0) is 16.4. The van der Waals surface area contributed by atoms with Gasteiger partial charge < -0.3 is 19.9 Å². The number of nitrogens with one attached hydrogen (secondary N) is 1. The molecule has 0 fully saturated rings. The van der Waals surface area contributed by atoms with Crippen molar-refractivity contribution in [3.8, 4) is 11.5 Å². The predicted molar refractivity (Wildman–Crippen MR) is 83.0 cm³/mol. The molecule has 2 N–H and O–H groups in total. The van der Waals surface area contributed by atoms with Crippen molar-refractivity contribution in [2.75, 3.05) is 5.32 Å². The first-order valence-electron chi connectivity index (χ1n) is 7.12. The van der Waals surface area contributed by atoms with Crippen LogP contribution in [0.3, 0.4) is 0 Å². The number of rotatable bonds is 3. The van der Waals surface area contributed by atoms with Gasteiger partial charge in [-0.3, -0.25) is 4.79 Å². The molecule has 118 valence electrons. The Morgan fingerprint density at radius 3 is 2.30 bits per heavy atom. The Kier molecular flexibility index (Phi) is 3.89. The van der Waals surface area contributed by atoms with Gasteiger partial charge in [-0.1, -0.05) is 24.3 Å². The van der Waals surface area contributed by atoms with Gasteiger partial charge in [0.05, 0.1) is 11.3 Å². The summed E-state index contributed by atoms with van der Waals surface area (Å²) < 4.78 is 11.4. The summed E-state index contributed by atoms with van der Waals surface area (Å²) in [6.45, 7) is 1.73. The van der Waals surface area contributed by atoms with Gasteiger partial charge >= 0.3 is 5.97 Å². The minimum absolute atomic E-state index is 0.0191. The van der Waals surface area contributed by atoms with E-state index in [9.17, 15) is 9.59 Å². The number of anilines is 1. The quantitative estimate of drug-likeness (QED) is 0.909. The largest absolute Gasteiger partial charge is 0.482 e. The second-order valence-corrected chi connectivity index (χ2v) is 5.15. The van der Waals surface area contributed by atoms with E-state index in [2.05, 4.69) is 5.32 Å². The van der Waals surface area contributed by atoms with Crippen LogP contribution in [-0.2, 0) is 4.79 Å². The molecule has 2 atom stereocenters. The number of ether oxygens (including phenoxy) is 2. The van der Waals surface area contributed by atoms with Gasteiger partial charge in [-0.2, -0.15) is 0 Å². The van der Waals surface area contributed by atoms with Gasteiger partial charge in [0.25, 0.3) is 5.91 Å². The van der Waals surface area contributed by atoms with Crippen molar-refractivity contribution >= 4 is 17.6 Å². The van der Waals surface area contributed by atoms with Crippen molar-refractivity contribution in [1.29, 1.82) is 0 Å². The third-order valence-electron chi connectivity index (χ3n) is 3.52. The van der Waals surface area contributed by atoms with Gasteiger partial charge in [-0.25, -0.2) is 4.79 Å². The summed E-state index contributed by atoms with van der Waals surface area (Å²) >= 11 is 0. The van der Waals surface area contributed by atoms with Crippen LogP contribution in [0.4, 0.5) is 5.69 Å². The molecular weight excluding hydrogens is 298 g/mol. The molecule has 0 bridgehead atoms. The van der Waals surface area contributed by atoms with Crippen LogP contribution in [0.15, 0.2) is 48.5 Å². The number of aromatic carboxylic acids is 1. The van der Waals surface area contributed by atoms with Crippen LogP contribution in [0.2, 0.25) is 0 Å². The zero-order valence-electron chi connectivity index (χ0n) is 12.4. The fraction of sp³-hybridized carbons (Fsp3) is 0.176. The Labute approximate surface area is 132 Å². The van der Waals surface area contributed by atoms with E-state index in [1.54, 1.807) is 37.3 Å². The SMILES string of the molecule is C[C@@H]1Oc2ccccc2O[C@H]1C(=O)Nc1ccccc1C(=O)O. The van der Waals surface area contributed by atoms with Gasteiger partial charge in [0.15, 0.2) is 11.5 Å². The number of carboxylic acids is 1. The van der Waals surface area contributed by atoms with Gasteiger partial charge in [0.2, 0.25) is 6.10 Å². The topological polar surface area (TPSA) is 84.9 Å². The monoisotopic (exact) mass is 313 g/mol. The van der Waals surface area contributed by atoms with E-state index >= 15 is 0 Å². The summed E-state index contributed by atoms with van der Waals surface area (Å²) in [5.41, 5.74) is 0.241. The number of benzene rings is 2. The fourth-order valence-electron chi connectivity index (χ4n) is 2.39.